The van der Waals surface area contributed by atoms with E-state index in [9.17, 15) is 18.0 Å². The summed E-state index contributed by atoms with van der Waals surface area (Å²) in [6.45, 7) is -1.53. The summed E-state index contributed by atoms with van der Waals surface area (Å²) < 4.78 is 40.0. The molecule has 0 aliphatic rings. The molecule has 8 heteroatoms. The molecular formula is C8H5BrF3NO3. The first-order chi connectivity index (χ1) is 7.29. The van der Waals surface area contributed by atoms with E-state index >= 15 is 0 Å². The Labute approximate surface area is 96.2 Å². The maximum Gasteiger partial charge on any atom is 0.422 e. The lowest BCUT2D eigenvalue weighted by molar-refractivity contribution is -0.154. The summed E-state index contributed by atoms with van der Waals surface area (Å²) >= 11 is 2.90. The first-order valence-corrected chi connectivity index (χ1v) is 4.68. The third kappa shape index (κ3) is 3.69. The van der Waals surface area contributed by atoms with Crippen LogP contribution in [0.15, 0.2) is 16.6 Å². The zero-order valence-electron chi connectivity index (χ0n) is 7.58. The number of rotatable bonds is 3. The van der Waals surface area contributed by atoms with E-state index < -0.39 is 24.6 Å². The number of hydrogen-bond acceptors (Lipinski definition) is 3. The highest BCUT2D eigenvalue weighted by Crippen LogP contribution is 2.25. The Balaban J connectivity index is 2.86. The van der Waals surface area contributed by atoms with Gasteiger partial charge in [-0.05, 0) is 28.1 Å². The van der Waals surface area contributed by atoms with Crippen molar-refractivity contribution < 1.29 is 27.8 Å². The SMILES string of the molecule is O=C(O)c1ccc(Br)c(OCC(F)(F)F)n1. The minimum Gasteiger partial charge on any atom is -0.477 e. The third-order valence-corrected chi connectivity index (χ3v) is 2.01. The fourth-order valence-corrected chi connectivity index (χ4v) is 1.13. The normalized spacial score (nSPS) is 11.2. The molecule has 0 radical (unpaired) electrons. The molecular weight excluding hydrogens is 295 g/mol. The lowest BCUT2D eigenvalue weighted by atomic mass is 10.3. The molecule has 1 heterocycles. The Morgan fingerprint density at radius 2 is 2.12 bits per heavy atom. The third-order valence-electron chi connectivity index (χ3n) is 1.41. The largest absolute Gasteiger partial charge is 0.477 e. The molecule has 88 valence electrons. The molecule has 0 bridgehead atoms. The molecule has 1 aromatic heterocycles. The van der Waals surface area contributed by atoms with Crippen LogP contribution < -0.4 is 4.74 Å². The van der Waals surface area contributed by atoms with E-state index in [0.29, 0.717) is 0 Å². The van der Waals surface area contributed by atoms with Crippen molar-refractivity contribution >= 4 is 21.9 Å². The second-order valence-electron chi connectivity index (χ2n) is 2.69. The van der Waals surface area contributed by atoms with E-state index in [1.54, 1.807) is 0 Å². The number of carboxylic acid groups (broad SMARTS) is 1. The Hall–Kier alpha value is -1.31. The Bertz CT molecular complexity index is 408. The predicted octanol–water partition coefficient (Wildman–Crippen LogP) is 2.48. The zero-order valence-corrected chi connectivity index (χ0v) is 9.17. The number of ether oxygens (including phenoxy) is 1. The molecule has 16 heavy (non-hydrogen) atoms. The van der Waals surface area contributed by atoms with Crippen LogP contribution in [0, 0.1) is 0 Å². The fourth-order valence-electron chi connectivity index (χ4n) is 0.794. The second kappa shape index (κ2) is 4.69. The van der Waals surface area contributed by atoms with Gasteiger partial charge in [0.1, 0.15) is 0 Å². The van der Waals surface area contributed by atoms with Crippen LogP contribution >= 0.6 is 15.9 Å². The van der Waals surface area contributed by atoms with Crippen molar-refractivity contribution in [1.29, 1.82) is 0 Å². The van der Waals surface area contributed by atoms with Gasteiger partial charge in [-0.1, -0.05) is 0 Å². The van der Waals surface area contributed by atoms with E-state index in [2.05, 4.69) is 25.7 Å². The molecule has 1 N–H and O–H groups in total. The van der Waals surface area contributed by atoms with Crippen molar-refractivity contribution in [2.24, 2.45) is 0 Å². The van der Waals surface area contributed by atoms with Gasteiger partial charge in [0.15, 0.2) is 12.3 Å². The van der Waals surface area contributed by atoms with Gasteiger partial charge in [-0.15, -0.1) is 0 Å². The van der Waals surface area contributed by atoms with Gasteiger partial charge in [0.05, 0.1) is 4.47 Å². The van der Waals surface area contributed by atoms with Crippen LogP contribution in [0.25, 0.3) is 0 Å². The Morgan fingerprint density at radius 1 is 1.50 bits per heavy atom. The van der Waals surface area contributed by atoms with Crippen LogP contribution in [-0.4, -0.2) is 28.8 Å². The van der Waals surface area contributed by atoms with Crippen molar-refractivity contribution in [2.75, 3.05) is 6.61 Å². The second-order valence-corrected chi connectivity index (χ2v) is 3.55. The number of pyridine rings is 1. The molecule has 4 nitrogen and oxygen atoms in total. The highest BCUT2D eigenvalue weighted by atomic mass is 79.9. The highest BCUT2D eigenvalue weighted by molar-refractivity contribution is 9.10. The fraction of sp³-hybridized carbons (Fsp3) is 0.250. The van der Waals surface area contributed by atoms with Gasteiger partial charge in [-0.3, -0.25) is 0 Å². The average molecular weight is 300 g/mol. The van der Waals surface area contributed by atoms with Crippen molar-refractivity contribution in [3.8, 4) is 5.88 Å². The number of alkyl halides is 3. The van der Waals surface area contributed by atoms with Crippen molar-refractivity contribution in [2.45, 2.75) is 6.18 Å². The van der Waals surface area contributed by atoms with E-state index in [4.69, 9.17) is 5.11 Å². The number of carbonyl (C=O) groups is 1. The summed E-state index contributed by atoms with van der Waals surface area (Å²) in [5, 5.41) is 8.57. The van der Waals surface area contributed by atoms with Crippen LogP contribution in [-0.2, 0) is 0 Å². The van der Waals surface area contributed by atoms with Crippen LogP contribution in [0.3, 0.4) is 0 Å². The van der Waals surface area contributed by atoms with Gasteiger partial charge in [0.2, 0.25) is 5.88 Å². The van der Waals surface area contributed by atoms with Gasteiger partial charge < -0.3 is 9.84 Å². The molecule has 1 aromatic rings. The standard InChI is InChI=1S/C8H5BrF3NO3/c9-4-1-2-5(7(14)15)13-6(4)16-3-8(10,11)12/h1-2H,3H2,(H,14,15). The van der Waals surface area contributed by atoms with Gasteiger partial charge in [-0.2, -0.15) is 13.2 Å². The number of halogens is 4. The average Bonchev–Trinajstić information content (AvgIpc) is 2.14. The van der Waals surface area contributed by atoms with Gasteiger partial charge in [0.25, 0.3) is 0 Å². The summed E-state index contributed by atoms with van der Waals surface area (Å²) in [6.07, 6.45) is -4.50. The molecule has 0 saturated heterocycles. The molecule has 0 spiro atoms. The smallest absolute Gasteiger partial charge is 0.422 e. The molecule has 0 unspecified atom stereocenters. The molecule has 0 atom stereocenters. The lowest BCUT2D eigenvalue weighted by Crippen LogP contribution is -2.20. The molecule has 0 aromatic carbocycles. The monoisotopic (exact) mass is 299 g/mol. The lowest BCUT2D eigenvalue weighted by Gasteiger charge is -2.09. The van der Waals surface area contributed by atoms with Crippen LogP contribution in [0.2, 0.25) is 0 Å². The Kier molecular flexibility index (Phi) is 3.74. The van der Waals surface area contributed by atoms with Crippen molar-refractivity contribution in [1.82, 2.24) is 4.98 Å². The molecule has 0 saturated carbocycles. The maximum atomic E-state index is 11.8. The minimum absolute atomic E-state index is 0.154. The summed E-state index contributed by atoms with van der Waals surface area (Å²) in [4.78, 5) is 13.9. The number of hydrogen-bond donors (Lipinski definition) is 1. The Morgan fingerprint density at radius 3 is 2.62 bits per heavy atom. The molecule has 0 aliphatic heterocycles. The van der Waals surface area contributed by atoms with Crippen molar-refractivity contribution in [3.63, 3.8) is 0 Å². The van der Waals surface area contributed by atoms with E-state index in [0.717, 1.165) is 6.07 Å². The van der Waals surface area contributed by atoms with E-state index in [1.807, 2.05) is 0 Å². The molecule has 0 fully saturated rings. The van der Waals surface area contributed by atoms with Gasteiger partial charge in [-0.25, -0.2) is 9.78 Å². The maximum absolute atomic E-state index is 11.8. The van der Waals surface area contributed by atoms with Gasteiger partial charge in [0, 0.05) is 0 Å². The quantitative estimate of drug-likeness (QED) is 0.931. The summed E-state index contributed by atoms with van der Waals surface area (Å²) in [6, 6.07) is 2.40. The number of nitrogens with zero attached hydrogens (tertiary/aromatic N) is 1. The number of aromatic carboxylic acids is 1. The first-order valence-electron chi connectivity index (χ1n) is 3.89. The number of aromatic nitrogens is 1. The van der Waals surface area contributed by atoms with E-state index in [-0.39, 0.29) is 10.2 Å². The topological polar surface area (TPSA) is 59.4 Å². The zero-order chi connectivity index (χ0) is 12.3. The summed E-state index contributed by atoms with van der Waals surface area (Å²) in [7, 11) is 0. The van der Waals surface area contributed by atoms with Crippen LogP contribution in [0.1, 0.15) is 10.5 Å². The minimum atomic E-state index is -4.50. The predicted molar refractivity (Wildman–Crippen MR) is 50.4 cm³/mol. The highest BCUT2D eigenvalue weighted by Gasteiger charge is 2.29. The molecule has 1 rings (SSSR count). The number of carboxylic acids is 1. The summed E-state index contributed by atoms with van der Waals surface area (Å²) in [5.74, 6) is -1.75. The van der Waals surface area contributed by atoms with Crippen LogP contribution in [0.4, 0.5) is 13.2 Å². The van der Waals surface area contributed by atoms with Gasteiger partial charge >= 0.3 is 12.1 Å². The van der Waals surface area contributed by atoms with Crippen LogP contribution in [0.5, 0.6) is 5.88 Å². The first kappa shape index (κ1) is 12.8. The van der Waals surface area contributed by atoms with Crippen molar-refractivity contribution in [3.05, 3.63) is 22.3 Å². The molecule has 0 aliphatic carbocycles. The van der Waals surface area contributed by atoms with E-state index in [1.165, 1.54) is 6.07 Å². The molecule has 0 amide bonds. The summed E-state index contributed by atoms with van der Waals surface area (Å²) in [5.41, 5.74) is -0.389.